The van der Waals surface area contributed by atoms with E-state index in [4.69, 9.17) is 9.47 Å². The van der Waals surface area contributed by atoms with Crippen molar-refractivity contribution in [2.75, 3.05) is 6.79 Å². The fourth-order valence-electron chi connectivity index (χ4n) is 1.28. The molecule has 5 nitrogen and oxygen atoms in total. The first-order valence-corrected chi connectivity index (χ1v) is 4.12. The van der Waals surface area contributed by atoms with E-state index in [2.05, 4.69) is 16.3 Å². The van der Waals surface area contributed by atoms with Crippen LogP contribution in [-0.4, -0.2) is 21.8 Å². The van der Waals surface area contributed by atoms with E-state index >= 15 is 0 Å². The maximum absolute atomic E-state index is 5.19. The third kappa shape index (κ3) is 1.02. The van der Waals surface area contributed by atoms with Crippen LogP contribution in [0.3, 0.4) is 0 Å². The average molecular weight is 188 g/mol. The number of aromatic nitrogens is 3. The number of rotatable bonds is 1. The van der Waals surface area contributed by atoms with Crippen LogP contribution < -0.4 is 9.47 Å². The van der Waals surface area contributed by atoms with Crippen molar-refractivity contribution < 1.29 is 9.47 Å². The Balaban J connectivity index is 2.09. The van der Waals surface area contributed by atoms with Crippen LogP contribution in [0.1, 0.15) is 0 Å². The monoisotopic (exact) mass is 188 g/mol. The Bertz CT molecular complexity index is 453. The molecule has 5 heteroatoms. The standard InChI is InChI=1S/C9H6N3O2/c1-2-8-9(14-6-13-8)5-7(1)12-10-3-4-11-12/h1-4H,6H2. The van der Waals surface area contributed by atoms with E-state index in [9.17, 15) is 0 Å². The number of hydrogen-bond acceptors (Lipinski definition) is 4. The van der Waals surface area contributed by atoms with Crippen LogP contribution in [0.25, 0.3) is 5.69 Å². The second kappa shape index (κ2) is 2.73. The predicted molar refractivity (Wildman–Crippen MR) is 46.3 cm³/mol. The fourth-order valence-corrected chi connectivity index (χ4v) is 1.28. The van der Waals surface area contributed by atoms with Gasteiger partial charge in [-0.2, -0.15) is 15.0 Å². The van der Waals surface area contributed by atoms with Crippen molar-refractivity contribution >= 4 is 0 Å². The maximum Gasteiger partial charge on any atom is 0.231 e. The van der Waals surface area contributed by atoms with Gasteiger partial charge in [0.2, 0.25) is 6.79 Å². The molecule has 3 rings (SSSR count). The van der Waals surface area contributed by atoms with Gasteiger partial charge in [0.1, 0.15) is 0 Å². The third-order valence-corrected chi connectivity index (χ3v) is 1.91. The Hall–Kier alpha value is -2.04. The van der Waals surface area contributed by atoms with Crippen molar-refractivity contribution in [2.45, 2.75) is 0 Å². The molecule has 2 aromatic rings. The van der Waals surface area contributed by atoms with Crippen molar-refractivity contribution in [3.05, 3.63) is 30.6 Å². The molecule has 1 aliphatic heterocycles. The highest BCUT2D eigenvalue weighted by Gasteiger charge is 2.14. The van der Waals surface area contributed by atoms with E-state index in [1.807, 2.05) is 12.1 Å². The minimum absolute atomic E-state index is 0.252. The molecule has 1 aromatic heterocycles. The quantitative estimate of drug-likeness (QED) is 0.664. The van der Waals surface area contributed by atoms with Gasteiger partial charge in [-0.15, -0.1) is 0 Å². The molecule has 1 aromatic carbocycles. The first kappa shape index (κ1) is 7.37. The third-order valence-electron chi connectivity index (χ3n) is 1.91. The second-order valence-corrected chi connectivity index (χ2v) is 2.76. The van der Waals surface area contributed by atoms with E-state index in [0.29, 0.717) is 11.5 Å². The average Bonchev–Trinajstić information content (AvgIpc) is 2.88. The van der Waals surface area contributed by atoms with Gasteiger partial charge in [-0.1, -0.05) is 0 Å². The zero-order valence-electron chi connectivity index (χ0n) is 7.17. The molecule has 2 heterocycles. The van der Waals surface area contributed by atoms with Gasteiger partial charge in [-0.05, 0) is 12.1 Å². The van der Waals surface area contributed by atoms with Gasteiger partial charge in [0.15, 0.2) is 11.5 Å². The first-order valence-electron chi connectivity index (χ1n) is 4.12. The van der Waals surface area contributed by atoms with Crippen LogP contribution in [0.2, 0.25) is 0 Å². The molecule has 0 amide bonds. The highest BCUT2D eigenvalue weighted by atomic mass is 16.7. The Morgan fingerprint density at radius 2 is 2.07 bits per heavy atom. The maximum atomic E-state index is 5.19. The van der Waals surface area contributed by atoms with Gasteiger partial charge >= 0.3 is 0 Å². The van der Waals surface area contributed by atoms with Crippen LogP contribution in [0.15, 0.2) is 24.5 Å². The lowest BCUT2D eigenvalue weighted by Crippen LogP contribution is -1.98. The molecule has 0 atom stereocenters. The van der Waals surface area contributed by atoms with Crippen molar-refractivity contribution in [1.29, 1.82) is 0 Å². The van der Waals surface area contributed by atoms with Gasteiger partial charge < -0.3 is 9.47 Å². The van der Waals surface area contributed by atoms with Crippen LogP contribution in [0.5, 0.6) is 11.5 Å². The molecule has 0 N–H and O–H groups in total. The Morgan fingerprint density at radius 3 is 2.93 bits per heavy atom. The minimum Gasteiger partial charge on any atom is -0.454 e. The largest absolute Gasteiger partial charge is 0.454 e. The lowest BCUT2D eigenvalue weighted by Gasteiger charge is -1.99. The topological polar surface area (TPSA) is 49.2 Å². The van der Waals surface area contributed by atoms with Crippen LogP contribution in [0.4, 0.5) is 0 Å². The summed E-state index contributed by atoms with van der Waals surface area (Å²) in [6.07, 6.45) is 3.22. The van der Waals surface area contributed by atoms with E-state index < -0.39 is 0 Å². The molecule has 0 saturated carbocycles. The van der Waals surface area contributed by atoms with E-state index in [0.717, 1.165) is 5.69 Å². The van der Waals surface area contributed by atoms with Crippen molar-refractivity contribution in [2.24, 2.45) is 0 Å². The van der Waals surface area contributed by atoms with Gasteiger partial charge in [0.25, 0.3) is 0 Å². The van der Waals surface area contributed by atoms with Gasteiger partial charge in [0.05, 0.1) is 24.1 Å². The smallest absolute Gasteiger partial charge is 0.231 e. The lowest BCUT2D eigenvalue weighted by atomic mass is 10.3. The summed E-state index contributed by atoms with van der Waals surface area (Å²) in [6, 6.07) is 6.66. The molecule has 0 unspecified atom stereocenters. The van der Waals surface area contributed by atoms with Crippen molar-refractivity contribution in [1.82, 2.24) is 15.0 Å². The number of benzene rings is 1. The van der Waals surface area contributed by atoms with Gasteiger partial charge in [-0.25, -0.2) is 0 Å². The summed E-state index contributed by atoms with van der Waals surface area (Å²) in [4.78, 5) is 1.47. The molecule has 1 aliphatic rings. The van der Waals surface area contributed by atoms with Crippen LogP contribution in [0, 0.1) is 6.07 Å². The fraction of sp³-hybridized carbons (Fsp3) is 0.111. The summed E-state index contributed by atoms with van der Waals surface area (Å²) >= 11 is 0. The van der Waals surface area contributed by atoms with Crippen molar-refractivity contribution in [3.63, 3.8) is 0 Å². The van der Waals surface area contributed by atoms with Crippen molar-refractivity contribution in [3.8, 4) is 17.2 Å². The molecule has 0 saturated heterocycles. The van der Waals surface area contributed by atoms with Gasteiger partial charge in [0, 0.05) is 0 Å². The molecule has 0 fully saturated rings. The van der Waals surface area contributed by atoms with Gasteiger partial charge in [-0.3, -0.25) is 0 Å². The molecule has 0 aliphatic carbocycles. The first-order chi connectivity index (χ1) is 6.93. The van der Waals surface area contributed by atoms with E-state index in [1.54, 1.807) is 12.4 Å². The zero-order chi connectivity index (χ0) is 9.38. The molecule has 14 heavy (non-hydrogen) atoms. The second-order valence-electron chi connectivity index (χ2n) is 2.76. The van der Waals surface area contributed by atoms with E-state index in [-0.39, 0.29) is 6.79 Å². The number of ether oxygens (including phenoxy) is 2. The number of hydrogen-bond donors (Lipinski definition) is 0. The summed E-state index contributed by atoms with van der Waals surface area (Å²) < 4.78 is 10.4. The number of nitrogens with zero attached hydrogens (tertiary/aromatic N) is 3. The molecule has 1 radical (unpaired) electrons. The van der Waals surface area contributed by atoms with Crippen LogP contribution >= 0.6 is 0 Å². The predicted octanol–water partition coefficient (Wildman–Crippen LogP) is 0.796. The molecular formula is C9H6N3O2. The molecule has 0 spiro atoms. The van der Waals surface area contributed by atoms with E-state index in [1.165, 1.54) is 4.80 Å². The summed E-state index contributed by atoms with van der Waals surface area (Å²) in [7, 11) is 0. The summed E-state index contributed by atoms with van der Waals surface area (Å²) in [5.74, 6) is 1.32. The summed E-state index contributed by atoms with van der Waals surface area (Å²) in [6.45, 7) is 0.252. The lowest BCUT2D eigenvalue weighted by molar-refractivity contribution is 0.173. The highest BCUT2D eigenvalue weighted by molar-refractivity contribution is 5.47. The number of fused-ring (bicyclic) bond motifs is 1. The molecular weight excluding hydrogens is 182 g/mol. The Morgan fingerprint density at radius 1 is 1.21 bits per heavy atom. The SMILES string of the molecule is [c]1c(-n2nccn2)ccc2c1OCO2. The minimum atomic E-state index is 0.252. The highest BCUT2D eigenvalue weighted by Crippen LogP contribution is 2.32. The molecule has 69 valence electrons. The zero-order valence-corrected chi connectivity index (χ0v) is 7.17. The Kier molecular flexibility index (Phi) is 1.44. The summed E-state index contributed by atoms with van der Waals surface area (Å²) in [5, 5.41) is 7.98. The summed E-state index contributed by atoms with van der Waals surface area (Å²) in [5.41, 5.74) is 0.735. The Labute approximate surface area is 79.9 Å². The molecule has 0 bridgehead atoms. The van der Waals surface area contributed by atoms with Crippen LogP contribution in [-0.2, 0) is 0 Å². The normalized spacial score (nSPS) is 13.1.